The molecule has 3 rings (SSSR count). The van der Waals surface area contributed by atoms with Crippen LogP contribution in [0.5, 0.6) is 0 Å². The predicted molar refractivity (Wildman–Crippen MR) is 84.4 cm³/mol. The second-order valence-electron chi connectivity index (χ2n) is 6.55. The van der Waals surface area contributed by atoms with Crippen LogP contribution in [-0.2, 0) is 4.74 Å². The number of nitrogens with zero attached hydrogens (tertiary/aromatic N) is 1. The van der Waals surface area contributed by atoms with Crippen LogP contribution in [0, 0.1) is 17.8 Å². The number of nitrogens with two attached hydrogens (primary N) is 1. The van der Waals surface area contributed by atoms with Crippen molar-refractivity contribution in [3.63, 3.8) is 0 Å². The van der Waals surface area contributed by atoms with Crippen LogP contribution in [0.3, 0.4) is 0 Å². The molecule has 2 fully saturated rings. The van der Waals surface area contributed by atoms with E-state index in [2.05, 4.69) is 4.90 Å². The van der Waals surface area contributed by atoms with E-state index in [1.54, 1.807) is 12.1 Å². The van der Waals surface area contributed by atoms with E-state index in [0.29, 0.717) is 11.3 Å². The first-order valence-electron chi connectivity index (χ1n) is 7.78. The van der Waals surface area contributed by atoms with E-state index in [1.807, 2.05) is 13.1 Å². The highest BCUT2D eigenvalue weighted by Crippen LogP contribution is 2.48. The molecule has 2 saturated carbocycles. The number of nitrogen functional groups attached to an aromatic ring is 1. The molecule has 4 nitrogen and oxygen atoms in total. The quantitative estimate of drug-likeness (QED) is 0.683. The summed E-state index contributed by atoms with van der Waals surface area (Å²) in [6, 6.07) is 5.43. The Labute approximate surface area is 126 Å². The molecule has 21 heavy (non-hydrogen) atoms. The zero-order chi connectivity index (χ0) is 15.0. The molecule has 0 heterocycles. The van der Waals surface area contributed by atoms with Gasteiger partial charge in [0.15, 0.2) is 0 Å². The van der Waals surface area contributed by atoms with E-state index in [9.17, 15) is 4.79 Å². The third-order valence-corrected chi connectivity index (χ3v) is 5.25. The molecule has 2 aliphatic rings. The SMILES string of the molecule is COC(=O)c1cccc(N)c1N(C)CC1CC2CCC1C2. The van der Waals surface area contributed by atoms with Crippen LogP contribution in [-0.4, -0.2) is 26.7 Å². The molecule has 2 N–H and O–H groups in total. The molecule has 4 heteroatoms. The normalized spacial score (nSPS) is 26.9. The Hall–Kier alpha value is -1.71. The molecule has 0 radical (unpaired) electrons. The van der Waals surface area contributed by atoms with Gasteiger partial charge in [-0.05, 0) is 49.1 Å². The maximum absolute atomic E-state index is 12.0. The maximum atomic E-state index is 12.0. The van der Waals surface area contributed by atoms with Gasteiger partial charge in [0.25, 0.3) is 0 Å². The van der Waals surface area contributed by atoms with Gasteiger partial charge in [0.1, 0.15) is 0 Å². The Bertz CT molecular complexity index is 544. The lowest BCUT2D eigenvalue weighted by molar-refractivity contribution is 0.0601. The van der Waals surface area contributed by atoms with Gasteiger partial charge < -0.3 is 15.4 Å². The van der Waals surface area contributed by atoms with Gasteiger partial charge >= 0.3 is 5.97 Å². The van der Waals surface area contributed by atoms with Crippen LogP contribution < -0.4 is 10.6 Å². The number of anilines is 2. The highest BCUT2D eigenvalue weighted by atomic mass is 16.5. The molecule has 0 aromatic heterocycles. The van der Waals surface area contributed by atoms with Crippen molar-refractivity contribution in [1.29, 1.82) is 0 Å². The number of benzene rings is 1. The summed E-state index contributed by atoms with van der Waals surface area (Å²) in [5.74, 6) is 2.21. The van der Waals surface area contributed by atoms with Gasteiger partial charge in [-0.2, -0.15) is 0 Å². The van der Waals surface area contributed by atoms with E-state index in [0.717, 1.165) is 30.0 Å². The largest absolute Gasteiger partial charge is 0.465 e. The molecule has 2 aliphatic carbocycles. The smallest absolute Gasteiger partial charge is 0.340 e. The monoisotopic (exact) mass is 288 g/mol. The molecule has 1 aromatic carbocycles. The molecule has 2 bridgehead atoms. The summed E-state index contributed by atoms with van der Waals surface area (Å²) >= 11 is 0. The molecule has 114 valence electrons. The summed E-state index contributed by atoms with van der Waals surface area (Å²) in [7, 11) is 3.44. The highest BCUT2D eigenvalue weighted by molar-refractivity contribution is 5.99. The van der Waals surface area contributed by atoms with Gasteiger partial charge in [0, 0.05) is 13.6 Å². The lowest BCUT2D eigenvalue weighted by Crippen LogP contribution is -2.30. The number of rotatable bonds is 4. The number of methoxy groups -OCH3 is 1. The number of hydrogen-bond donors (Lipinski definition) is 1. The topological polar surface area (TPSA) is 55.6 Å². The Morgan fingerprint density at radius 1 is 1.38 bits per heavy atom. The number of esters is 1. The Balaban J connectivity index is 1.80. The van der Waals surface area contributed by atoms with Gasteiger partial charge in [-0.1, -0.05) is 12.5 Å². The molecule has 0 amide bonds. The number of hydrogen-bond acceptors (Lipinski definition) is 4. The summed E-state index contributed by atoms with van der Waals surface area (Å²) in [6.45, 7) is 0.972. The number of ether oxygens (including phenoxy) is 1. The van der Waals surface area contributed by atoms with E-state index < -0.39 is 0 Å². The van der Waals surface area contributed by atoms with Crippen molar-refractivity contribution in [1.82, 2.24) is 0 Å². The zero-order valence-corrected chi connectivity index (χ0v) is 12.8. The van der Waals surface area contributed by atoms with Crippen LogP contribution >= 0.6 is 0 Å². The molecular formula is C17H24N2O2. The fourth-order valence-electron chi connectivity index (χ4n) is 4.31. The number of carbonyl (C=O) groups excluding carboxylic acids is 1. The minimum Gasteiger partial charge on any atom is -0.465 e. The minimum atomic E-state index is -0.322. The fraction of sp³-hybridized carbons (Fsp3) is 0.588. The first-order chi connectivity index (χ1) is 10.1. The molecule has 1 aromatic rings. The number of carbonyl (C=O) groups is 1. The summed E-state index contributed by atoms with van der Waals surface area (Å²) in [4.78, 5) is 14.1. The van der Waals surface area contributed by atoms with Crippen molar-refractivity contribution in [2.75, 3.05) is 31.3 Å². The third kappa shape index (κ3) is 2.59. The average molecular weight is 288 g/mol. The van der Waals surface area contributed by atoms with Gasteiger partial charge in [0.2, 0.25) is 0 Å². The predicted octanol–water partition coefficient (Wildman–Crippen LogP) is 2.93. The highest BCUT2D eigenvalue weighted by Gasteiger charge is 2.40. The summed E-state index contributed by atoms with van der Waals surface area (Å²) in [6.07, 6.45) is 5.50. The minimum absolute atomic E-state index is 0.322. The van der Waals surface area contributed by atoms with Gasteiger partial charge in [-0.3, -0.25) is 0 Å². The standard InChI is InChI=1S/C17H24N2O2/c1-19(10-13-9-11-6-7-12(13)8-11)16-14(17(20)21-2)4-3-5-15(16)18/h3-5,11-13H,6-10,18H2,1-2H3. The Morgan fingerprint density at radius 3 is 2.81 bits per heavy atom. The molecule has 0 saturated heterocycles. The van der Waals surface area contributed by atoms with E-state index in [4.69, 9.17) is 10.5 Å². The summed E-state index contributed by atoms with van der Waals surface area (Å²) in [5.41, 5.74) is 8.13. The van der Waals surface area contributed by atoms with Crippen molar-refractivity contribution in [2.24, 2.45) is 17.8 Å². The second-order valence-corrected chi connectivity index (χ2v) is 6.55. The van der Waals surface area contributed by atoms with Crippen LogP contribution in [0.1, 0.15) is 36.0 Å². The van der Waals surface area contributed by atoms with Crippen molar-refractivity contribution in [2.45, 2.75) is 25.7 Å². The van der Waals surface area contributed by atoms with Crippen LogP contribution in [0.15, 0.2) is 18.2 Å². The summed E-state index contributed by atoms with van der Waals surface area (Å²) in [5, 5.41) is 0. The average Bonchev–Trinajstić information content (AvgIpc) is 3.08. The molecular weight excluding hydrogens is 264 g/mol. The van der Waals surface area contributed by atoms with Crippen LogP contribution in [0.4, 0.5) is 11.4 Å². The summed E-state index contributed by atoms with van der Waals surface area (Å²) < 4.78 is 4.88. The van der Waals surface area contributed by atoms with Crippen molar-refractivity contribution >= 4 is 17.3 Å². The second kappa shape index (κ2) is 5.58. The third-order valence-electron chi connectivity index (χ3n) is 5.25. The Kier molecular flexibility index (Phi) is 3.79. The first kappa shape index (κ1) is 14.2. The molecule has 0 spiro atoms. The molecule has 3 atom stereocenters. The van der Waals surface area contributed by atoms with Gasteiger partial charge in [-0.25, -0.2) is 4.79 Å². The Morgan fingerprint density at radius 2 is 2.19 bits per heavy atom. The maximum Gasteiger partial charge on any atom is 0.340 e. The first-order valence-corrected chi connectivity index (χ1v) is 7.78. The lowest BCUT2D eigenvalue weighted by Gasteiger charge is -2.30. The van der Waals surface area contributed by atoms with Crippen molar-refractivity contribution < 1.29 is 9.53 Å². The van der Waals surface area contributed by atoms with E-state index in [1.165, 1.54) is 32.8 Å². The molecule has 3 unspecified atom stereocenters. The van der Waals surface area contributed by atoms with Gasteiger partial charge in [0.05, 0.1) is 24.0 Å². The van der Waals surface area contributed by atoms with Crippen molar-refractivity contribution in [3.05, 3.63) is 23.8 Å². The van der Waals surface area contributed by atoms with Gasteiger partial charge in [-0.15, -0.1) is 0 Å². The number of para-hydroxylation sites is 1. The molecule has 0 aliphatic heterocycles. The zero-order valence-electron chi connectivity index (χ0n) is 12.8. The number of fused-ring (bicyclic) bond motifs is 2. The van der Waals surface area contributed by atoms with E-state index >= 15 is 0 Å². The lowest BCUT2D eigenvalue weighted by atomic mass is 9.88. The van der Waals surface area contributed by atoms with Crippen LogP contribution in [0.2, 0.25) is 0 Å². The van der Waals surface area contributed by atoms with E-state index in [-0.39, 0.29) is 5.97 Å². The fourth-order valence-corrected chi connectivity index (χ4v) is 4.31. The van der Waals surface area contributed by atoms with Crippen LogP contribution in [0.25, 0.3) is 0 Å². The van der Waals surface area contributed by atoms with Crippen molar-refractivity contribution in [3.8, 4) is 0 Å².